The topological polar surface area (TPSA) is 38.0 Å². The van der Waals surface area contributed by atoms with Gasteiger partial charge in [-0.3, -0.25) is 11.3 Å². The Morgan fingerprint density at radius 2 is 1.71 bits per heavy atom. The average Bonchev–Trinajstić information content (AvgIpc) is 2.48. The summed E-state index contributed by atoms with van der Waals surface area (Å²) in [7, 11) is 0. The molecular formula is C17H20ClFN2. The van der Waals surface area contributed by atoms with E-state index in [0.29, 0.717) is 12.3 Å². The van der Waals surface area contributed by atoms with Crippen molar-refractivity contribution < 1.29 is 4.39 Å². The molecule has 2 nitrogen and oxygen atoms in total. The molecule has 112 valence electrons. The molecule has 0 heterocycles. The van der Waals surface area contributed by atoms with E-state index in [1.807, 2.05) is 0 Å². The molecule has 0 radical (unpaired) electrons. The zero-order chi connectivity index (χ0) is 15.4. The maximum absolute atomic E-state index is 13.6. The highest BCUT2D eigenvalue weighted by Gasteiger charge is 2.13. The summed E-state index contributed by atoms with van der Waals surface area (Å²) < 4.78 is 13.6. The number of hydrogen-bond acceptors (Lipinski definition) is 2. The molecule has 1 unspecified atom stereocenters. The van der Waals surface area contributed by atoms with Crippen molar-refractivity contribution >= 4 is 11.6 Å². The molecule has 0 aliphatic carbocycles. The summed E-state index contributed by atoms with van der Waals surface area (Å²) in [5.74, 6) is 5.69. The van der Waals surface area contributed by atoms with Crippen molar-refractivity contribution in [3.8, 4) is 0 Å². The summed E-state index contributed by atoms with van der Waals surface area (Å²) in [6.45, 7) is 4.32. The number of nitrogens with one attached hydrogen (secondary N) is 1. The third-order valence-electron chi connectivity index (χ3n) is 3.63. The van der Waals surface area contributed by atoms with Crippen LogP contribution in [0.3, 0.4) is 0 Å². The van der Waals surface area contributed by atoms with Crippen LogP contribution >= 0.6 is 11.6 Å². The van der Waals surface area contributed by atoms with E-state index in [4.69, 9.17) is 17.4 Å². The van der Waals surface area contributed by atoms with Gasteiger partial charge in [0.25, 0.3) is 0 Å². The lowest BCUT2D eigenvalue weighted by Gasteiger charge is -2.17. The monoisotopic (exact) mass is 306 g/mol. The summed E-state index contributed by atoms with van der Waals surface area (Å²) in [4.78, 5) is 0. The van der Waals surface area contributed by atoms with Gasteiger partial charge in [-0.25, -0.2) is 4.39 Å². The van der Waals surface area contributed by atoms with Crippen molar-refractivity contribution in [3.05, 3.63) is 70.0 Å². The summed E-state index contributed by atoms with van der Waals surface area (Å²) in [5, 5.41) is 0.121. The van der Waals surface area contributed by atoms with Crippen LogP contribution in [0, 0.1) is 5.82 Å². The highest BCUT2D eigenvalue weighted by Crippen LogP contribution is 2.23. The van der Waals surface area contributed by atoms with Gasteiger partial charge in [0.05, 0.1) is 11.1 Å². The second-order valence-corrected chi connectivity index (χ2v) is 5.90. The van der Waals surface area contributed by atoms with Crippen LogP contribution in [0.1, 0.15) is 42.5 Å². The Kier molecular flexibility index (Phi) is 5.34. The molecule has 2 aromatic rings. The minimum Gasteiger partial charge on any atom is -0.271 e. The van der Waals surface area contributed by atoms with E-state index in [9.17, 15) is 4.39 Å². The molecule has 0 amide bonds. The number of hydrazine groups is 1. The summed E-state index contributed by atoms with van der Waals surface area (Å²) >= 11 is 5.71. The van der Waals surface area contributed by atoms with Gasteiger partial charge in [-0.15, -0.1) is 0 Å². The molecule has 0 spiro atoms. The Morgan fingerprint density at radius 1 is 1.10 bits per heavy atom. The van der Waals surface area contributed by atoms with Gasteiger partial charge in [-0.2, -0.15) is 0 Å². The molecular weight excluding hydrogens is 287 g/mol. The van der Waals surface area contributed by atoms with Gasteiger partial charge >= 0.3 is 0 Å². The molecule has 0 bridgehead atoms. The van der Waals surface area contributed by atoms with E-state index in [1.165, 1.54) is 11.6 Å². The van der Waals surface area contributed by atoms with Crippen molar-refractivity contribution in [1.29, 1.82) is 0 Å². The largest absolute Gasteiger partial charge is 0.271 e. The van der Waals surface area contributed by atoms with Crippen molar-refractivity contribution in [2.45, 2.75) is 32.2 Å². The third kappa shape index (κ3) is 4.03. The molecule has 0 fully saturated rings. The fraction of sp³-hybridized carbons (Fsp3) is 0.294. The first-order valence-corrected chi connectivity index (χ1v) is 7.39. The predicted octanol–water partition coefficient (Wildman–Crippen LogP) is 4.35. The standard InChI is InChI=1S/C17H20ClFN2/c1-11(2)13-5-3-12(4-6-13)9-17(21-20)14-7-8-15(18)16(19)10-14/h3-8,10-11,17,21H,9,20H2,1-2H3. The molecule has 3 N–H and O–H groups in total. The highest BCUT2D eigenvalue weighted by atomic mass is 35.5. The van der Waals surface area contributed by atoms with Gasteiger partial charge in [0.15, 0.2) is 0 Å². The molecule has 0 aliphatic heterocycles. The minimum atomic E-state index is -0.426. The predicted molar refractivity (Wildman–Crippen MR) is 85.7 cm³/mol. The maximum atomic E-state index is 13.6. The SMILES string of the molecule is CC(C)c1ccc(CC(NN)c2ccc(Cl)c(F)c2)cc1. The third-order valence-corrected chi connectivity index (χ3v) is 3.94. The van der Waals surface area contributed by atoms with E-state index in [0.717, 1.165) is 11.1 Å². The first-order chi connectivity index (χ1) is 10.0. The lowest BCUT2D eigenvalue weighted by atomic mass is 9.96. The van der Waals surface area contributed by atoms with E-state index in [1.54, 1.807) is 12.1 Å². The van der Waals surface area contributed by atoms with Gasteiger partial charge in [0, 0.05) is 0 Å². The number of hydrogen-bond donors (Lipinski definition) is 2. The van der Waals surface area contributed by atoms with Gasteiger partial charge < -0.3 is 0 Å². The Bertz CT molecular complexity index is 596. The first-order valence-electron chi connectivity index (χ1n) is 7.01. The lowest BCUT2D eigenvalue weighted by molar-refractivity contribution is 0.544. The van der Waals surface area contributed by atoms with Crippen LogP contribution in [0.25, 0.3) is 0 Å². The summed E-state index contributed by atoms with van der Waals surface area (Å²) in [5.41, 5.74) is 5.98. The van der Waals surface area contributed by atoms with Crippen LogP contribution in [0.2, 0.25) is 5.02 Å². The van der Waals surface area contributed by atoms with Gasteiger partial charge in [0.2, 0.25) is 0 Å². The number of rotatable bonds is 5. The average molecular weight is 307 g/mol. The quantitative estimate of drug-likeness (QED) is 0.636. The van der Waals surface area contributed by atoms with Crippen LogP contribution < -0.4 is 11.3 Å². The van der Waals surface area contributed by atoms with Crippen molar-refractivity contribution in [2.24, 2.45) is 5.84 Å². The Morgan fingerprint density at radius 3 is 2.24 bits per heavy atom. The van der Waals surface area contributed by atoms with E-state index >= 15 is 0 Å². The van der Waals surface area contributed by atoms with Crippen molar-refractivity contribution in [1.82, 2.24) is 5.43 Å². The smallest absolute Gasteiger partial charge is 0.142 e. The number of benzene rings is 2. The Labute approximate surface area is 130 Å². The van der Waals surface area contributed by atoms with Crippen LogP contribution in [-0.4, -0.2) is 0 Å². The van der Waals surface area contributed by atoms with Gasteiger partial charge in [0.1, 0.15) is 5.82 Å². The first kappa shape index (κ1) is 16.0. The minimum absolute atomic E-state index is 0.121. The molecule has 2 rings (SSSR count). The molecule has 0 aromatic heterocycles. The zero-order valence-electron chi connectivity index (χ0n) is 12.2. The molecule has 0 saturated carbocycles. The van der Waals surface area contributed by atoms with Crippen LogP contribution in [0.15, 0.2) is 42.5 Å². The number of nitrogens with two attached hydrogens (primary N) is 1. The molecule has 0 aliphatic rings. The molecule has 21 heavy (non-hydrogen) atoms. The molecule has 2 aromatic carbocycles. The maximum Gasteiger partial charge on any atom is 0.142 e. The van der Waals surface area contributed by atoms with E-state index < -0.39 is 5.82 Å². The lowest BCUT2D eigenvalue weighted by Crippen LogP contribution is -2.29. The summed E-state index contributed by atoms with van der Waals surface area (Å²) in [6, 6.07) is 13.0. The van der Waals surface area contributed by atoms with Crippen LogP contribution in [0.5, 0.6) is 0 Å². The number of halogens is 2. The fourth-order valence-electron chi connectivity index (χ4n) is 2.28. The summed E-state index contributed by atoms with van der Waals surface area (Å²) in [6.07, 6.45) is 0.690. The molecule has 4 heteroatoms. The van der Waals surface area contributed by atoms with Crippen LogP contribution in [-0.2, 0) is 6.42 Å². The van der Waals surface area contributed by atoms with Gasteiger partial charge in [-0.05, 0) is 41.2 Å². The molecule has 0 saturated heterocycles. The van der Waals surface area contributed by atoms with Crippen molar-refractivity contribution in [2.75, 3.05) is 0 Å². The Hall–Kier alpha value is -1.42. The molecule has 1 atom stereocenters. The van der Waals surface area contributed by atoms with E-state index in [2.05, 4.69) is 43.5 Å². The highest BCUT2D eigenvalue weighted by molar-refractivity contribution is 6.30. The normalized spacial score (nSPS) is 12.7. The zero-order valence-corrected chi connectivity index (χ0v) is 13.0. The van der Waals surface area contributed by atoms with Gasteiger partial charge in [-0.1, -0.05) is 55.8 Å². The fourth-order valence-corrected chi connectivity index (χ4v) is 2.39. The van der Waals surface area contributed by atoms with E-state index in [-0.39, 0.29) is 11.1 Å². The van der Waals surface area contributed by atoms with Crippen molar-refractivity contribution in [3.63, 3.8) is 0 Å². The Balaban J connectivity index is 2.16. The second-order valence-electron chi connectivity index (χ2n) is 5.49. The second kappa shape index (κ2) is 7.03. The van der Waals surface area contributed by atoms with Crippen LogP contribution in [0.4, 0.5) is 4.39 Å².